The summed E-state index contributed by atoms with van der Waals surface area (Å²) >= 11 is 1.37. The van der Waals surface area contributed by atoms with Gasteiger partial charge < -0.3 is 9.72 Å². The van der Waals surface area contributed by atoms with Crippen LogP contribution in [-0.2, 0) is 0 Å². The number of aromatic nitrogens is 4. The van der Waals surface area contributed by atoms with Crippen LogP contribution >= 0.6 is 11.8 Å². The number of para-hydroxylation sites is 1. The van der Waals surface area contributed by atoms with Crippen molar-refractivity contribution in [2.24, 2.45) is 0 Å². The normalized spacial score (nSPS) is 11.0. The van der Waals surface area contributed by atoms with E-state index in [1.807, 2.05) is 30.3 Å². The molecule has 0 saturated heterocycles. The molecule has 8 heteroatoms. The fourth-order valence-electron chi connectivity index (χ4n) is 2.55. The van der Waals surface area contributed by atoms with Crippen molar-refractivity contribution in [1.29, 1.82) is 0 Å². The van der Waals surface area contributed by atoms with Crippen molar-refractivity contribution in [1.82, 2.24) is 19.7 Å². The number of ether oxygens (including phenoxy) is 1. The van der Waals surface area contributed by atoms with Crippen molar-refractivity contribution in [2.45, 2.75) is 5.16 Å². The summed E-state index contributed by atoms with van der Waals surface area (Å²) in [6.07, 6.45) is 1.51. The van der Waals surface area contributed by atoms with Crippen LogP contribution in [0.3, 0.4) is 0 Å². The Hall–Kier alpha value is -3.13. The molecule has 0 amide bonds. The third-order valence-electron chi connectivity index (χ3n) is 3.82. The Morgan fingerprint density at radius 1 is 1.11 bits per heavy atom. The number of aromatic amines is 1. The molecule has 0 fully saturated rings. The maximum absolute atomic E-state index is 12.9. The van der Waals surface area contributed by atoms with Gasteiger partial charge in [-0.2, -0.15) is 5.10 Å². The zero-order valence-corrected chi connectivity index (χ0v) is 14.9. The molecule has 2 heterocycles. The Morgan fingerprint density at radius 3 is 2.67 bits per heavy atom. The number of fused-ring (bicyclic) bond motifs is 1. The highest BCUT2D eigenvalue weighted by molar-refractivity contribution is 7.99. The quantitative estimate of drug-likeness (QED) is 0.314. The second-order valence-electron chi connectivity index (χ2n) is 5.65. The third kappa shape index (κ3) is 3.85. The maximum atomic E-state index is 12.9. The highest BCUT2D eigenvalue weighted by Gasteiger charge is 2.11. The third-order valence-corrected chi connectivity index (χ3v) is 4.66. The van der Waals surface area contributed by atoms with Gasteiger partial charge in [0.2, 0.25) is 0 Å². The molecule has 1 N–H and O–H groups in total. The Bertz CT molecular complexity index is 1110. The Kier molecular flexibility index (Phi) is 4.88. The molecule has 0 bridgehead atoms. The van der Waals surface area contributed by atoms with Crippen molar-refractivity contribution >= 4 is 22.8 Å². The number of rotatable bonds is 6. The van der Waals surface area contributed by atoms with Gasteiger partial charge in [0, 0.05) is 5.75 Å². The molecule has 4 rings (SSSR count). The number of thioether (sulfide) groups is 1. The SMILES string of the molecule is O=c1[nH]c(SCCOc2ccc(F)cc2)nc2c1cnn2-c1ccccc1. The van der Waals surface area contributed by atoms with Gasteiger partial charge in [-0.25, -0.2) is 14.1 Å². The second-order valence-corrected chi connectivity index (χ2v) is 6.73. The molecule has 2 aromatic heterocycles. The molecule has 4 aromatic rings. The lowest BCUT2D eigenvalue weighted by atomic mass is 10.3. The lowest BCUT2D eigenvalue weighted by Crippen LogP contribution is -2.10. The molecule has 2 aromatic carbocycles. The van der Waals surface area contributed by atoms with Gasteiger partial charge in [-0.1, -0.05) is 30.0 Å². The van der Waals surface area contributed by atoms with Crippen molar-refractivity contribution < 1.29 is 9.13 Å². The highest BCUT2D eigenvalue weighted by Crippen LogP contribution is 2.18. The van der Waals surface area contributed by atoms with Crippen LogP contribution in [-0.4, -0.2) is 32.1 Å². The van der Waals surface area contributed by atoms with Crippen LogP contribution < -0.4 is 10.3 Å². The van der Waals surface area contributed by atoms with Crippen molar-refractivity contribution in [3.63, 3.8) is 0 Å². The average Bonchev–Trinajstić information content (AvgIpc) is 3.12. The number of nitrogens with one attached hydrogen (secondary N) is 1. The Labute approximate surface area is 158 Å². The first-order chi connectivity index (χ1) is 13.2. The average molecular weight is 382 g/mol. The summed E-state index contributed by atoms with van der Waals surface area (Å²) in [5.74, 6) is 0.864. The first-order valence-electron chi connectivity index (χ1n) is 8.25. The van der Waals surface area contributed by atoms with E-state index in [4.69, 9.17) is 4.74 Å². The summed E-state index contributed by atoms with van der Waals surface area (Å²) in [5.41, 5.74) is 1.11. The fourth-order valence-corrected chi connectivity index (χ4v) is 3.23. The minimum Gasteiger partial charge on any atom is -0.493 e. The van der Waals surface area contributed by atoms with E-state index in [2.05, 4.69) is 15.1 Å². The van der Waals surface area contributed by atoms with E-state index < -0.39 is 0 Å². The molecule has 6 nitrogen and oxygen atoms in total. The molecule has 0 radical (unpaired) electrons. The van der Waals surface area contributed by atoms with E-state index in [1.54, 1.807) is 16.8 Å². The summed E-state index contributed by atoms with van der Waals surface area (Å²) < 4.78 is 20.1. The Morgan fingerprint density at radius 2 is 1.89 bits per heavy atom. The smallest absolute Gasteiger partial charge is 0.262 e. The predicted molar refractivity (Wildman–Crippen MR) is 102 cm³/mol. The minimum absolute atomic E-state index is 0.232. The number of halogens is 1. The maximum Gasteiger partial charge on any atom is 0.262 e. The van der Waals surface area contributed by atoms with E-state index in [-0.39, 0.29) is 11.4 Å². The van der Waals surface area contributed by atoms with Crippen LogP contribution in [0.5, 0.6) is 5.75 Å². The molecule has 0 aliphatic rings. The minimum atomic E-state index is -0.304. The van der Waals surface area contributed by atoms with Gasteiger partial charge >= 0.3 is 0 Å². The van der Waals surface area contributed by atoms with Gasteiger partial charge in [-0.05, 0) is 36.4 Å². The molecular weight excluding hydrogens is 367 g/mol. The molecule has 0 unspecified atom stereocenters. The lowest BCUT2D eigenvalue weighted by molar-refractivity contribution is 0.343. The summed E-state index contributed by atoms with van der Waals surface area (Å²) in [4.78, 5) is 19.6. The van der Waals surface area contributed by atoms with E-state index >= 15 is 0 Å². The van der Waals surface area contributed by atoms with Crippen LogP contribution in [0, 0.1) is 5.82 Å². The van der Waals surface area contributed by atoms with E-state index in [0.29, 0.717) is 34.3 Å². The van der Waals surface area contributed by atoms with Crippen molar-refractivity contribution in [3.8, 4) is 11.4 Å². The largest absolute Gasteiger partial charge is 0.493 e. The van der Waals surface area contributed by atoms with Gasteiger partial charge in [0.1, 0.15) is 17.0 Å². The van der Waals surface area contributed by atoms with Crippen LogP contribution in [0.4, 0.5) is 4.39 Å². The van der Waals surface area contributed by atoms with Crippen molar-refractivity contribution in [3.05, 3.63) is 77.0 Å². The number of benzene rings is 2. The van der Waals surface area contributed by atoms with Gasteiger partial charge in [0.05, 0.1) is 18.5 Å². The van der Waals surface area contributed by atoms with Crippen LogP contribution in [0.15, 0.2) is 70.7 Å². The lowest BCUT2D eigenvalue weighted by Gasteiger charge is -2.06. The number of hydrogen-bond acceptors (Lipinski definition) is 5. The predicted octanol–water partition coefficient (Wildman–Crippen LogP) is 3.42. The van der Waals surface area contributed by atoms with Gasteiger partial charge in [-0.15, -0.1) is 0 Å². The monoisotopic (exact) mass is 382 g/mol. The molecule has 0 atom stereocenters. The van der Waals surface area contributed by atoms with E-state index in [0.717, 1.165) is 5.69 Å². The van der Waals surface area contributed by atoms with Gasteiger partial charge in [0.25, 0.3) is 5.56 Å². The van der Waals surface area contributed by atoms with Crippen LogP contribution in [0.1, 0.15) is 0 Å². The molecule has 0 aliphatic carbocycles. The van der Waals surface area contributed by atoms with Crippen molar-refractivity contribution in [2.75, 3.05) is 12.4 Å². The molecule has 0 spiro atoms. The molecule has 0 saturated carbocycles. The molecule has 136 valence electrons. The first kappa shape index (κ1) is 17.3. The standard InChI is InChI=1S/C19H15FN4O2S/c20-13-6-8-15(9-7-13)26-10-11-27-19-22-17-16(18(25)23-19)12-21-24(17)14-4-2-1-3-5-14/h1-9,12H,10-11H2,(H,22,23,25). The van der Waals surface area contributed by atoms with E-state index in [1.165, 1.54) is 30.1 Å². The van der Waals surface area contributed by atoms with Crippen LogP contribution in [0.25, 0.3) is 16.7 Å². The summed E-state index contributed by atoms with van der Waals surface area (Å²) in [6, 6.07) is 15.4. The number of H-pyrrole nitrogens is 1. The van der Waals surface area contributed by atoms with Gasteiger partial charge in [0.15, 0.2) is 10.8 Å². The van der Waals surface area contributed by atoms with E-state index in [9.17, 15) is 9.18 Å². The second kappa shape index (κ2) is 7.63. The molecule has 27 heavy (non-hydrogen) atoms. The topological polar surface area (TPSA) is 72.8 Å². The van der Waals surface area contributed by atoms with Gasteiger partial charge in [-0.3, -0.25) is 4.79 Å². The summed E-state index contributed by atoms with van der Waals surface area (Å²) in [5, 5.41) is 5.21. The first-order valence-corrected chi connectivity index (χ1v) is 9.24. The molecule has 0 aliphatic heterocycles. The van der Waals surface area contributed by atoms with Crippen LogP contribution in [0.2, 0.25) is 0 Å². The summed E-state index contributed by atoms with van der Waals surface area (Å²) in [7, 11) is 0. The molecular formula is C19H15FN4O2S. The zero-order chi connectivity index (χ0) is 18.6. The number of hydrogen-bond donors (Lipinski definition) is 1. The zero-order valence-electron chi connectivity index (χ0n) is 14.1. The fraction of sp³-hybridized carbons (Fsp3) is 0.105. The number of nitrogens with zero attached hydrogens (tertiary/aromatic N) is 3. The Balaban J connectivity index is 1.49. The summed E-state index contributed by atoms with van der Waals surface area (Å²) in [6.45, 7) is 0.399. The highest BCUT2D eigenvalue weighted by atomic mass is 32.2.